The summed E-state index contributed by atoms with van der Waals surface area (Å²) < 4.78 is 8.08. The summed E-state index contributed by atoms with van der Waals surface area (Å²) in [6.45, 7) is 7.55. The molecule has 0 aliphatic carbocycles. The highest BCUT2D eigenvalue weighted by molar-refractivity contribution is 7.96. The first kappa shape index (κ1) is 23.0. The normalized spacial score (nSPS) is 14.5. The number of rotatable bonds is 8. The number of ether oxygens (including phenoxy) is 1. The number of aromatic nitrogens is 3. The van der Waals surface area contributed by atoms with E-state index in [1.165, 1.54) is 5.56 Å². The maximum absolute atomic E-state index is 8.74. The van der Waals surface area contributed by atoms with Gasteiger partial charge in [-0.05, 0) is 43.7 Å². The van der Waals surface area contributed by atoms with Crippen LogP contribution in [-0.4, -0.2) is 57.3 Å². The summed E-state index contributed by atoms with van der Waals surface area (Å²) in [7, 11) is 0. The second kappa shape index (κ2) is 10.6. The van der Waals surface area contributed by atoms with Crippen molar-refractivity contribution in [1.29, 1.82) is 5.41 Å². The van der Waals surface area contributed by atoms with Gasteiger partial charge in [0.05, 0.1) is 23.7 Å². The Morgan fingerprint density at radius 1 is 1.09 bits per heavy atom. The standard InChI is InChI=1S/C24H29N7OS/c1-17(2)32-23-14-20(21(25)15-29-23)24(26)19-5-8-28-22(13-19)30-9-11-31(12-10-30)33-16-18-3-6-27-7-4-18/h3-8,13-15,17,26H,9-12,16,25H2,1-2H3. The topological polar surface area (TPSA) is 104 Å². The van der Waals surface area contributed by atoms with Crippen LogP contribution in [0.3, 0.4) is 0 Å². The van der Waals surface area contributed by atoms with E-state index in [0.29, 0.717) is 22.8 Å². The number of pyridine rings is 3. The molecule has 0 saturated carbocycles. The molecule has 3 N–H and O–H groups in total. The molecule has 3 aromatic rings. The quantitative estimate of drug-likeness (QED) is 0.386. The predicted molar refractivity (Wildman–Crippen MR) is 134 cm³/mol. The predicted octanol–water partition coefficient (Wildman–Crippen LogP) is 3.63. The number of nitrogens with one attached hydrogen (secondary N) is 1. The Balaban J connectivity index is 1.40. The van der Waals surface area contributed by atoms with Gasteiger partial charge in [0.2, 0.25) is 5.88 Å². The number of anilines is 2. The van der Waals surface area contributed by atoms with Crippen molar-refractivity contribution in [2.75, 3.05) is 36.8 Å². The van der Waals surface area contributed by atoms with E-state index in [4.69, 9.17) is 15.9 Å². The van der Waals surface area contributed by atoms with Crippen molar-refractivity contribution in [1.82, 2.24) is 19.3 Å². The van der Waals surface area contributed by atoms with E-state index in [1.807, 2.05) is 50.3 Å². The van der Waals surface area contributed by atoms with Gasteiger partial charge in [-0.15, -0.1) is 0 Å². The van der Waals surface area contributed by atoms with E-state index in [-0.39, 0.29) is 6.10 Å². The monoisotopic (exact) mass is 463 g/mol. The fraction of sp³-hybridized carbons (Fsp3) is 0.333. The summed E-state index contributed by atoms with van der Waals surface area (Å²) in [6, 6.07) is 9.65. The van der Waals surface area contributed by atoms with Crippen LogP contribution in [0.4, 0.5) is 11.5 Å². The van der Waals surface area contributed by atoms with Gasteiger partial charge in [0, 0.05) is 67.7 Å². The first-order valence-corrected chi connectivity index (χ1v) is 11.9. The number of nitrogens with zero attached hydrogens (tertiary/aromatic N) is 5. The molecule has 33 heavy (non-hydrogen) atoms. The van der Waals surface area contributed by atoms with Crippen LogP contribution in [0.2, 0.25) is 0 Å². The SMILES string of the molecule is CC(C)Oc1cc(C(=N)c2ccnc(N3CCN(SCc4ccncc4)CC3)c2)c(N)cn1. The molecule has 1 saturated heterocycles. The van der Waals surface area contributed by atoms with Crippen LogP contribution in [0.25, 0.3) is 0 Å². The Bertz CT molecular complexity index is 1090. The summed E-state index contributed by atoms with van der Waals surface area (Å²) in [6.07, 6.45) is 6.97. The van der Waals surface area contributed by atoms with Crippen molar-refractivity contribution in [3.05, 3.63) is 71.8 Å². The van der Waals surface area contributed by atoms with E-state index in [2.05, 4.69) is 36.3 Å². The summed E-state index contributed by atoms with van der Waals surface area (Å²) in [5, 5.41) is 8.74. The van der Waals surface area contributed by atoms with E-state index >= 15 is 0 Å². The smallest absolute Gasteiger partial charge is 0.214 e. The third kappa shape index (κ3) is 6.00. The maximum Gasteiger partial charge on any atom is 0.214 e. The molecule has 0 radical (unpaired) electrons. The molecule has 172 valence electrons. The third-order valence-electron chi connectivity index (χ3n) is 5.30. The Labute approximate surface area is 198 Å². The van der Waals surface area contributed by atoms with Gasteiger partial charge in [-0.3, -0.25) is 10.4 Å². The van der Waals surface area contributed by atoms with Gasteiger partial charge in [0.25, 0.3) is 0 Å². The molecule has 4 heterocycles. The number of hydrogen-bond acceptors (Lipinski definition) is 9. The van der Waals surface area contributed by atoms with Gasteiger partial charge in [-0.2, -0.15) is 0 Å². The van der Waals surface area contributed by atoms with Gasteiger partial charge in [0.1, 0.15) is 5.82 Å². The molecule has 9 heteroatoms. The first-order valence-electron chi connectivity index (χ1n) is 11.0. The molecular weight excluding hydrogens is 434 g/mol. The molecule has 0 bridgehead atoms. The molecule has 3 aromatic heterocycles. The average Bonchev–Trinajstić information content (AvgIpc) is 2.84. The largest absolute Gasteiger partial charge is 0.475 e. The molecule has 1 aliphatic rings. The third-order valence-corrected chi connectivity index (χ3v) is 6.49. The van der Waals surface area contributed by atoms with Gasteiger partial charge >= 0.3 is 0 Å². The zero-order valence-corrected chi connectivity index (χ0v) is 19.8. The molecular formula is C24H29N7OS. The van der Waals surface area contributed by atoms with Crippen LogP contribution in [0, 0.1) is 5.41 Å². The zero-order chi connectivity index (χ0) is 23.2. The van der Waals surface area contributed by atoms with Crippen molar-refractivity contribution >= 4 is 29.2 Å². The first-order chi connectivity index (χ1) is 16.0. The molecule has 0 aromatic carbocycles. The van der Waals surface area contributed by atoms with Gasteiger partial charge in [-0.1, -0.05) is 11.9 Å². The lowest BCUT2D eigenvalue weighted by Crippen LogP contribution is -2.43. The average molecular weight is 464 g/mol. The summed E-state index contributed by atoms with van der Waals surface area (Å²) in [4.78, 5) is 15.1. The van der Waals surface area contributed by atoms with Crippen LogP contribution in [0.1, 0.15) is 30.5 Å². The van der Waals surface area contributed by atoms with Crippen LogP contribution < -0.4 is 15.4 Å². The Hall–Kier alpha value is -3.17. The number of nitrogens with two attached hydrogens (primary N) is 1. The number of nitrogen functional groups attached to an aromatic ring is 1. The number of piperazine rings is 1. The molecule has 1 fully saturated rings. The lowest BCUT2D eigenvalue weighted by atomic mass is 10.0. The molecule has 8 nitrogen and oxygen atoms in total. The van der Waals surface area contributed by atoms with Crippen LogP contribution in [0.15, 0.2) is 55.1 Å². The van der Waals surface area contributed by atoms with Crippen molar-refractivity contribution in [3.63, 3.8) is 0 Å². The summed E-state index contributed by atoms with van der Waals surface area (Å²) in [5.74, 6) is 2.29. The van der Waals surface area contributed by atoms with Crippen LogP contribution in [-0.2, 0) is 5.75 Å². The second-order valence-electron chi connectivity index (χ2n) is 8.10. The van der Waals surface area contributed by atoms with Crippen LogP contribution in [0.5, 0.6) is 5.88 Å². The molecule has 0 spiro atoms. The van der Waals surface area contributed by atoms with Crippen LogP contribution >= 0.6 is 11.9 Å². The summed E-state index contributed by atoms with van der Waals surface area (Å²) in [5.41, 5.74) is 9.57. The molecule has 0 unspecified atom stereocenters. The minimum atomic E-state index is -0.00258. The van der Waals surface area contributed by atoms with Crippen molar-refractivity contribution in [2.45, 2.75) is 25.7 Å². The van der Waals surface area contributed by atoms with Crippen molar-refractivity contribution < 1.29 is 4.74 Å². The van der Waals surface area contributed by atoms with Gasteiger partial charge in [0.15, 0.2) is 0 Å². The zero-order valence-electron chi connectivity index (χ0n) is 18.9. The molecule has 4 rings (SSSR count). The maximum atomic E-state index is 8.74. The van der Waals surface area contributed by atoms with E-state index in [9.17, 15) is 0 Å². The van der Waals surface area contributed by atoms with Gasteiger partial charge in [-0.25, -0.2) is 14.3 Å². The lowest BCUT2D eigenvalue weighted by molar-refractivity contribution is 0.232. The van der Waals surface area contributed by atoms with E-state index < -0.39 is 0 Å². The minimum absolute atomic E-state index is 0.00258. The van der Waals surface area contributed by atoms with Gasteiger partial charge < -0.3 is 15.4 Å². The fourth-order valence-electron chi connectivity index (χ4n) is 3.56. The number of hydrogen-bond donors (Lipinski definition) is 2. The van der Waals surface area contributed by atoms with E-state index in [1.54, 1.807) is 18.5 Å². The molecule has 1 aliphatic heterocycles. The van der Waals surface area contributed by atoms with E-state index in [0.717, 1.165) is 43.3 Å². The Morgan fingerprint density at radius 3 is 2.58 bits per heavy atom. The minimum Gasteiger partial charge on any atom is -0.475 e. The Morgan fingerprint density at radius 2 is 1.85 bits per heavy atom. The van der Waals surface area contributed by atoms with Crippen molar-refractivity contribution in [2.24, 2.45) is 0 Å². The highest BCUT2D eigenvalue weighted by Gasteiger charge is 2.20. The summed E-state index contributed by atoms with van der Waals surface area (Å²) >= 11 is 1.85. The lowest BCUT2D eigenvalue weighted by Gasteiger charge is -2.34. The second-order valence-corrected chi connectivity index (χ2v) is 9.16. The highest BCUT2D eigenvalue weighted by atomic mass is 32.2. The highest BCUT2D eigenvalue weighted by Crippen LogP contribution is 2.24. The molecule has 0 amide bonds. The fourth-order valence-corrected chi connectivity index (χ4v) is 4.51. The molecule has 0 atom stereocenters. The van der Waals surface area contributed by atoms with Crippen molar-refractivity contribution in [3.8, 4) is 5.88 Å². The Kier molecular flexibility index (Phi) is 7.41.